The van der Waals surface area contributed by atoms with Gasteiger partial charge in [0, 0.05) is 42.5 Å². The molecule has 2 aromatic carbocycles. The number of rotatable bonds is 11. The second-order valence-electron chi connectivity index (χ2n) is 13.1. The Morgan fingerprint density at radius 3 is 1.49 bits per heavy atom. The molecule has 0 spiro atoms. The third-order valence-corrected chi connectivity index (χ3v) is 9.76. The Labute approximate surface area is 294 Å². The molecule has 1 aliphatic heterocycles. The topological polar surface area (TPSA) is 223 Å². The molecule has 49 heavy (non-hydrogen) atoms. The first-order valence-electron chi connectivity index (χ1n) is 15.6. The van der Waals surface area contributed by atoms with Crippen LogP contribution in [0.3, 0.4) is 0 Å². The third kappa shape index (κ3) is 10.1. The number of carbonyl (C=O) groups is 7. The second-order valence-corrected chi connectivity index (χ2v) is 13.1. The molecule has 2 atom stereocenters. The average Bonchev–Trinajstić information content (AvgIpc) is 3.39. The summed E-state index contributed by atoms with van der Waals surface area (Å²) in [6.45, 7) is 18.9. The van der Waals surface area contributed by atoms with E-state index >= 15 is 0 Å². The lowest BCUT2D eigenvalue weighted by Crippen LogP contribution is -3.00. The summed E-state index contributed by atoms with van der Waals surface area (Å²) in [6, 6.07) is 0. The van der Waals surface area contributed by atoms with E-state index in [-0.39, 0.29) is 44.1 Å². The van der Waals surface area contributed by atoms with Gasteiger partial charge in [0.05, 0.1) is 0 Å². The van der Waals surface area contributed by atoms with Gasteiger partial charge < -0.3 is 39.6 Å². The number of amides is 3. The number of quaternary nitrogens is 1. The van der Waals surface area contributed by atoms with Crippen LogP contribution in [0, 0.1) is 55.4 Å². The van der Waals surface area contributed by atoms with Gasteiger partial charge in [0.15, 0.2) is 18.9 Å². The summed E-state index contributed by atoms with van der Waals surface area (Å²) in [5, 5.41) is 9.70. The van der Waals surface area contributed by atoms with E-state index in [1.807, 2.05) is 55.4 Å². The monoisotopic (exact) mass is 702 g/mol. The van der Waals surface area contributed by atoms with Crippen LogP contribution < -0.4 is 29.6 Å². The zero-order valence-corrected chi connectivity index (χ0v) is 31.0. The molecule has 12 nitrogen and oxygen atoms in total. The van der Waals surface area contributed by atoms with E-state index in [0.717, 1.165) is 68.9 Å². The van der Waals surface area contributed by atoms with Gasteiger partial charge in [-0.25, -0.2) is 4.79 Å². The fourth-order valence-electron chi connectivity index (χ4n) is 5.51. The largest absolute Gasteiger partial charge is 1.00 e. The number of aliphatic carboxylic acids is 1. The van der Waals surface area contributed by atoms with E-state index < -0.39 is 28.9 Å². The molecular formula is C36H51ClN4O8. The molecule has 0 saturated carbocycles. The normalized spacial score (nSPS) is 13.9. The van der Waals surface area contributed by atoms with Crippen LogP contribution in [0.15, 0.2) is 0 Å². The number of nitrogens with zero attached hydrogens (tertiary/aromatic N) is 1. The highest BCUT2D eigenvalue weighted by Crippen LogP contribution is 2.38. The second kappa shape index (κ2) is 17.8. The molecule has 8 N–H and O–H groups in total. The average molecular weight is 703 g/mol. The van der Waals surface area contributed by atoms with Crippen molar-refractivity contribution in [1.29, 1.82) is 0 Å². The lowest BCUT2D eigenvalue weighted by molar-refractivity contribution is -0.449. The summed E-state index contributed by atoms with van der Waals surface area (Å²) >= 11 is 0. The van der Waals surface area contributed by atoms with Crippen molar-refractivity contribution in [3.8, 4) is 0 Å². The predicted octanol–water partition coefficient (Wildman–Crippen LogP) is -0.0144. The van der Waals surface area contributed by atoms with Gasteiger partial charge in [0.25, 0.3) is 5.91 Å². The van der Waals surface area contributed by atoms with Crippen molar-refractivity contribution in [3.63, 3.8) is 0 Å². The van der Waals surface area contributed by atoms with E-state index in [9.17, 15) is 38.7 Å². The maximum Gasteiger partial charge on any atom is 0.329 e. The number of carboxylic acid groups (broad SMARTS) is 1. The molecular weight excluding hydrogens is 652 g/mol. The smallest absolute Gasteiger partial charge is 0.329 e. The molecule has 0 aliphatic carbocycles. The molecule has 1 heterocycles. The molecule has 0 radical (unpaired) electrons. The molecule has 3 amide bonds. The minimum Gasteiger partial charge on any atom is -1.00 e. The number of carboxylic acids is 1. The molecule has 0 fully saturated rings. The number of primary amides is 2. The minimum atomic E-state index is -1.47. The zero-order valence-electron chi connectivity index (χ0n) is 30.3. The standard InChI is InChI=1S/C18H24N2O4.C12H14O2.C6H12N2O2.ClH/c1-9-10(2)12(4)15-13(11(9)3)8-20(16(15)22)18(5,17(23)24)7-6-14(19)21;1-7-8(2)10(4)12(6-14)11(5-13)9(7)3;1-6(8,4-9)3-2-5(7)10;/h6-8H2,1-5H3,(H2,19,21)(H,23,24);5-6H,1-4H3;4H,2-3,8H2,1H3,(H2,7,10);1H. The summed E-state index contributed by atoms with van der Waals surface area (Å²) in [4.78, 5) is 79.5. The molecule has 2 unspecified atom stereocenters. The van der Waals surface area contributed by atoms with Crippen LogP contribution in [-0.4, -0.2) is 63.6 Å². The number of benzene rings is 2. The number of carbonyl (C=O) groups excluding carboxylic acids is 6. The van der Waals surface area contributed by atoms with Gasteiger partial charge in [-0.15, -0.1) is 0 Å². The van der Waals surface area contributed by atoms with Crippen molar-refractivity contribution in [1.82, 2.24) is 4.90 Å². The maximum absolute atomic E-state index is 13.0. The van der Waals surface area contributed by atoms with E-state index in [0.29, 0.717) is 23.1 Å². The Morgan fingerprint density at radius 2 is 1.12 bits per heavy atom. The van der Waals surface area contributed by atoms with Crippen LogP contribution in [0.1, 0.15) is 121 Å². The van der Waals surface area contributed by atoms with Gasteiger partial charge in [-0.2, -0.15) is 0 Å². The summed E-state index contributed by atoms with van der Waals surface area (Å²) in [5.74, 6) is -2.39. The Kier molecular flexibility index (Phi) is 16.2. The van der Waals surface area contributed by atoms with Crippen molar-refractivity contribution in [2.45, 2.75) is 113 Å². The highest BCUT2D eigenvalue weighted by molar-refractivity contribution is 6.03. The number of fused-ring (bicyclic) bond motifs is 1. The number of hydrogen-bond acceptors (Lipinski definition) is 7. The van der Waals surface area contributed by atoms with Gasteiger partial charge in [0.1, 0.15) is 11.1 Å². The van der Waals surface area contributed by atoms with Gasteiger partial charge in [-0.05, 0) is 126 Å². The first-order chi connectivity index (χ1) is 22.0. The molecule has 0 saturated heterocycles. The summed E-state index contributed by atoms with van der Waals surface area (Å²) < 4.78 is 0. The van der Waals surface area contributed by atoms with E-state index in [2.05, 4.69) is 5.73 Å². The summed E-state index contributed by atoms with van der Waals surface area (Å²) in [6.07, 6.45) is 2.81. The van der Waals surface area contributed by atoms with Crippen molar-refractivity contribution < 1.29 is 56.8 Å². The number of hydrogen-bond donors (Lipinski definition) is 4. The fourth-order valence-corrected chi connectivity index (χ4v) is 5.51. The van der Waals surface area contributed by atoms with E-state index in [1.165, 1.54) is 11.8 Å². The lowest BCUT2D eigenvalue weighted by atomic mass is 9.90. The number of aldehydes is 3. The van der Waals surface area contributed by atoms with Crippen LogP contribution in [0.4, 0.5) is 0 Å². The third-order valence-electron chi connectivity index (χ3n) is 9.76. The number of halogens is 1. The van der Waals surface area contributed by atoms with E-state index in [4.69, 9.17) is 11.5 Å². The Morgan fingerprint density at radius 1 is 0.735 bits per heavy atom. The quantitative estimate of drug-likeness (QED) is 0.233. The summed E-state index contributed by atoms with van der Waals surface area (Å²) in [7, 11) is 0. The molecule has 1 aliphatic rings. The Hall–Kier alpha value is -4.42. The maximum atomic E-state index is 13.0. The van der Waals surface area contributed by atoms with Gasteiger partial charge in [0.2, 0.25) is 11.8 Å². The van der Waals surface area contributed by atoms with Crippen molar-refractivity contribution in [2.24, 2.45) is 11.5 Å². The Balaban J connectivity index is 0.000000783. The summed E-state index contributed by atoms with van der Waals surface area (Å²) in [5.41, 5.74) is 22.1. The van der Waals surface area contributed by atoms with Crippen LogP contribution >= 0.6 is 0 Å². The first-order valence-corrected chi connectivity index (χ1v) is 15.6. The zero-order chi connectivity index (χ0) is 37.5. The van der Waals surface area contributed by atoms with Crippen LogP contribution in [0.5, 0.6) is 0 Å². The molecule has 270 valence electrons. The highest BCUT2D eigenvalue weighted by atomic mass is 35.5. The van der Waals surface area contributed by atoms with Crippen LogP contribution in [-0.2, 0) is 25.7 Å². The van der Waals surface area contributed by atoms with Crippen LogP contribution in [0.2, 0.25) is 0 Å². The molecule has 2 aromatic rings. The van der Waals surface area contributed by atoms with Crippen molar-refractivity contribution in [3.05, 3.63) is 66.8 Å². The van der Waals surface area contributed by atoms with Crippen LogP contribution in [0.25, 0.3) is 0 Å². The first kappa shape index (κ1) is 44.6. The molecule has 3 rings (SSSR count). The molecule has 13 heteroatoms. The van der Waals surface area contributed by atoms with Crippen molar-refractivity contribution >= 4 is 42.5 Å². The van der Waals surface area contributed by atoms with Crippen molar-refractivity contribution in [2.75, 3.05) is 0 Å². The Bertz CT molecular complexity index is 1610. The van der Waals surface area contributed by atoms with Gasteiger partial charge in [-0.3, -0.25) is 28.8 Å². The highest BCUT2D eigenvalue weighted by Gasteiger charge is 2.47. The number of nitrogens with two attached hydrogens (primary N) is 2. The fraction of sp³-hybridized carbons (Fsp3) is 0.472. The predicted molar refractivity (Wildman–Crippen MR) is 182 cm³/mol. The van der Waals surface area contributed by atoms with E-state index in [1.54, 1.807) is 6.92 Å². The molecule has 0 aromatic heterocycles. The SMILES string of the molecule is CC([NH3+])(C=O)CCC(N)=O.Cc1c(C)c(C)c(C=O)c(C=O)c1C.Cc1c(C)c(C)c2c(c1C)CN(C(C)(CCC(N)=O)C(=O)O)C2=O.[Cl-]. The van der Waals surface area contributed by atoms with Gasteiger partial charge >= 0.3 is 5.97 Å². The molecule has 0 bridgehead atoms. The lowest BCUT2D eigenvalue weighted by Gasteiger charge is -2.34. The minimum absolute atomic E-state index is 0. The van der Waals surface area contributed by atoms with Gasteiger partial charge in [-0.1, -0.05) is 0 Å².